The van der Waals surface area contributed by atoms with Crippen LogP contribution in [0.15, 0.2) is 12.2 Å². The van der Waals surface area contributed by atoms with Gasteiger partial charge in [0.15, 0.2) is 0 Å². The van der Waals surface area contributed by atoms with Crippen molar-refractivity contribution in [2.75, 3.05) is 13.7 Å². The number of hydrogen-bond donors (Lipinski definition) is 1. The highest BCUT2D eigenvalue weighted by molar-refractivity contribution is 5.77. The summed E-state index contributed by atoms with van der Waals surface area (Å²) in [6.45, 7) is 4.54. The molecule has 0 spiro atoms. The van der Waals surface area contributed by atoms with E-state index in [0.717, 1.165) is 19.3 Å². The van der Waals surface area contributed by atoms with Crippen molar-refractivity contribution in [1.29, 1.82) is 0 Å². The second-order valence-electron chi connectivity index (χ2n) is 3.72. The van der Waals surface area contributed by atoms with E-state index >= 15 is 0 Å². The van der Waals surface area contributed by atoms with E-state index in [1.165, 1.54) is 5.57 Å². The van der Waals surface area contributed by atoms with Gasteiger partial charge in [-0.3, -0.25) is 4.79 Å². The molecular weight excluding hydrogens is 166 g/mol. The largest absolute Gasteiger partial charge is 0.384 e. The standard InChI is InChI=1S/C10H17NO2/c1-7-3-4-9(10(11)12)8(5-7)6-13-2/h8-9H,1,3-6H2,2H3,(H2,11,12). The molecule has 74 valence electrons. The third-order valence-electron chi connectivity index (χ3n) is 2.67. The molecule has 1 saturated carbocycles. The first-order valence-corrected chi connectivity index (χ1v) is 4.60. The second-order valence-corrected chi connectivity index (χ2v) is 3.72. The number of primary amides is 1. The number of ether oxygens (including phenoxy) is 1. The molecule has 3 heteroatoms. The van der Waals surface area contributed by atoms with E-state index in [1.807, 2.05) is 0 Å². The van der Waals surface area contributed by atoms with Crippen molar-refractivity contribution >= 4 is 5.91 Å². The van der Waals surface area contributed by atoms with Crippen LogP contribution < -0.4 is 5.73 Å². The fourth-order valence-corrected chi connectivity index (χ4v) is 1.97. The van der Waals surface area contributed by atoms with E-state index in [2.05, 4.69) is 6.58 Å². The van der Waals surface area contributed by atoms with Crippen molar-refractivity contribution in [3.05, 3.63) is 12.2 Å². The Bertz CT molecular complexity index is 213. The molecule has 0 aromatic rings. The average Bonchev–Trinajstić information content (AvgIpc) is 2.04. The Morgan fingerprint density at radius 3 is 3.00 bits per heavy atom. The molecule has 0 aromatic heterocycles. The summed E-state index contributed by atoms with van der Waals surface area (Å²) in [6, 6.07) is 0. The van der Waals surface area contributed by atoms with E-state index in [9.17, 15) is 4.79 Å². The summed E-state index contributed by atoms with van der Waals surface area (Å²) >= 11 is 0. The third kappa shape index (κ3) is 2.56. The van der Waals surface area contributed by atoms with Crippen LogP contribution in [-0.4, -0.2) is 19.6 Å². The van der Waals surface area contributed by atoms with Gasteiger partial charge in [0.2, 0.25) is 5.91 Å². The Balaban J connectivity index is 2.60. The number of carbonyl (C=O) groups excluding carboxylic acids is 1. The van der Waals surface area contributed by atoms with Gasteiger partial charge in [-0.15, -0.1) is 0 Å². The Morgan fingerprint density at radius 2 is 2.46 bits per heavy atom. The van der Waals surface area contributed by atoms with Crippen LogP contribution in [0.2, 0.25) is 0 Å². The van der Waals surface area contributed by atoms with Gasteiger partial charge in [0.25, 0.3) is 0 Å². The van der Waals surface area contributed by atoms with Crippen LogP contribution in [0.4, 0.5) is 0 Å². The molecule has 0 radical (unpaired) electrons. The minimum absolute atomic E-state index is 0.0227. The highest BCUT2D eigenvalue weighted by Crippen LogP contribution is 2.32. The fourth-order valence-electron chi connectivity index (χ4n) is 1.97. The number of rotatable bonds is 3. The Hall–Kier alpha value is -0.830. The molecule has 2 unspecified atom stereocenters. The van der Waals surface area contributed by atoms with E-state index < -0.39 is 0 Å². The zero-order valence-electron chi connectivity index (χ0n) is 8.08. The maximum Gasteiger partial charge on any atom is 0.220 e. The maximum atomic E-state index is 11.1. The normalized spacial score (nSPS) is 28.8. The van der Waals surface area contributed by atoms with Crippen LogP contribution in [0.25, 0.3) is 0 Å². The van der Waals surface area contributed by atoms with Crippen molar-refractivity contribution in [3.8, 4) is 0 Å². The van der Waals surface area contributed by atoms with E-state index in [1.54, 1.807) is 7.11 Å². The molecule has 2 N–H and O–H groups in total. The first-order valence-electron chi connectivity index (χ1n) is 4.60. The lowest BCUT2D eigenvalue weighted by Crippen LogP contribution is -2.35. The predicted octanol–water partition coefficient (Wildman–Crippen LogP) is 1.09. The Kier molecular flexibility index (Phi) is 3.48. The predicted molar refractivity (Wildman–Crippen MR) is 51.0 cm³/mol. The summed E-state index contributed by atoms with van der Waals surface area (Å²) in [7, 11) is 1.65. The molecule has 0 aliphatic heterocycles. The van der Waals surface area contributed by atoms with Crippen molar-refractivity contribution in [2.24, 2.45) is 17.6 Å². The molecule has 2 atom stereocenters. The van der Waals surface area contributed by atoms with Gasteiger partial charge in [0.05, 0.1) is 6.61 Å². The summed E-state index contributed by atoms with van der Waals surface area (Å²) in [6.07, 6.45) is 2.64. The Labute approximate surface area is 78.9 Å². The van der Waals surface area contributed by atoms with Crippen LogP contribution in [-0.2, 0) is 9.53 Å². The van der Waals surface area contributed by atoms with Crippen LogP contribution in [0.5, 0.6) is 0 Å². The van der Waals surface area contributed by atoms with Gasteiger partial charge in [-0.25, -0.2) is 0 Å². The number of methoxy groups -OCH3 is 1. The number of amides is 1. The molecule has 0 aromatic carbocycles. The minimum Gasteiger partial charge on any atom is -0.384 e. The summed E-state index contributed by atoms with van der Waals surface area (Å²) in [5.74, 6) is 0.0174. The van der Waals surface area contributed by atoms with E-state index in [0.29, 0.717) is 6.61 Å². The molecule has 1 aliphatic rings. The zero-order valence-corrected chi connectivity index (χ0v) is 8.08. The molecule has 0 heterocycles. The molecule has 1 aliphatic carbocycles. The second kappa shape index (κ2) is 4.42. The van der Waals surface area contributed by atoms with E-state index in [4.69, 9.17) is 10.5 Å². The van der Waals surface area contributed by atoms with Gasteiger partial charge in [0.1, 0.15) is 0 Å². The van der Waals surface area contributed by atoms with Crippen molar-refractivity contribution in [2.45, 2.75) is 19.3 Å². The highest BCUT2D eigenvalue weighted by atomic mass is 16.5. The van der Waals surface area contributed by atoms with Gasteiger partial charge < -0.3 is 10.5 Å². The molecule has 1 rings (SSSR count). The quantitative estimate of drug-likeness (QED) is 0.666. The maximum absolute atomic E-state index is 11.1. The monoisotopic (exact) mass is 183 g/mol. The van der Waals surface area contributed by atoms with Gasteiger partial charge in [-0.1, -0.05) is 12.2 Å². The van der Waals surface area contributed by atoms with Crippen LogP contribution >= 0.6 is 0 Å². The average molecular weight is 183 g/mol. The Morgan fingerprint density at radius 1 is 1.77 bits per heavy atom. The first kappa shape index (κ1) is 10.3. The van der Waals surface area contributed by atoms with Crippen LogP contribution in [0.1, 0.15) is 19.3 Å². The zero-order chi connectivity index (χ0) is 9.84. The SMILES string of the molecule is C=C1CCC(C(N)=O)C(COC)C1. The van der Waals surface area contributed by atoms with Gasteiger partial charge in [0, 0.05) is 13.0 Å². The van der Waals surface area contributed by atoms with Crippen LogP contribution in [0, 0.1) is 11.8 Å². The van der Waals surface area contributed by atoms with Gasteiger partial charge >= 0.3 is 0 Å². The molecular formula is C10H17NO2. The molecule has 3 nitrogen and oxygen atoms in total. The first-order chi connectivity index (χ1) is 6.15. The summed E-state index contributed by atoms with van der Waals surface area (Å²) in [5, 5.41) is 0. The number of hydrogen-bond acceptors (Lipinski definition) is 2. The van der Waals surface area contributed by atoms with Gasteiger partial charge in [-0.05, 0) is 25.2 Å². The topological polar surface area (TPSA) is 52.3 Å². The molecule has 1 fully saturated rings. The fraction of sp³-hybridized carbons (Fsp3) is 0.700. The van der Waals surface area contributed by atoms with Crippen molar-refractivity contribution in [3.63, 3.8) is 0 Å². The minimum atomic E-state index is -0.199. The van der Waals surface area contributed by atoms with Crippen LogP contribution in [0.3, 0.4) is 0 Å². The summed E-state index contributed by atoms with van der Waals surface area (Å²) < 4.78 is 5.06. The molecule has 0 bridgehead atoms. The number of nitrogens with two attached hydrogens (primary N) is 1. The molecule has 13 heavy (non-hydrogen) atoms. The number of allylic oxidation sites excluding steroid dienone is 1. The lowest BCUT2D eigenvalue weighted by molar-refractivity contribution is -0.124. The lowest BCUT2D eigenvalue weighted by atomic mass is 9.77. The smallest absolute Gasteiger partial charge is 0.220 e. The number of carbonyl (C=O) groups is 1. The van der Waals surface area contributed by atoms with Gasteiger partial charge in [-0.2, -0.15) is 0 Å². The summed E-state index contributed by atoms with van der Waals surface area (Å²) in [5.41, 5.74) is 6.52. The summed E-state index contributed by atoms with van der Waals surface area (Å²) in [4.78, 5) is 11.1. The lowest BCUT2D eigenvalue weighted by Gasteiger charge is -2.29. The molecule has 1 amide bonds. The highest BCUT2D eigenvalue weighted by Gasteiger charge is 2.30. The van der Waals surface area contributed by atoms with Crippen molar-refractivity contribution in [1.82, 2.24) is 0 Å². The third-order valence-corrected chi connectivity index (χ3v) is 2.67. The van der Waals surface area contributed by atoms with Crippen molar-refractivity contribution < 1.29 is 9.53 Å². The molecule has 0 saturated heterocycles. The van der Waals surface area contributed by atoms with E-state index in [-0.39, 0.29) is 17.7 Å².